The highest BCUT2D eigenvalue weighted by Crippen LogP contribution is 2.15. The van der Waals surface area contributed by atoms with Crippen LogP contribution in [0.4, 0.5) is 5.88 Å². The zero-order valence-corrected chi connectivity index (χ0v) is 10.4. The fraction of sp³-hybridized carbons (Fsp3) is 0.0714. The molecule has 0 bridgehead atoms. The summed E-state index contributed by atoms with van der Waals surface area (Å²) in [4.78, 5) is 3.89. The van der Waals surface area contributed by atoms with E-state index in [2.05, 4.69) is 15.5 Å². The van der Waals surface area contributed by atoms with Crippen LogP contribution in [0.1, 0.15) is 17.1 Å². The molecule has 19 heavy (non-hydrogen) atoms. The minimum absolute atomic E-state index is 0.196. The van der Waals surface area contributed by atoms with Crippen LogP contribution < -0.4 is 5.43 Å². The van der Waals surface area contributed by atoms with Crippen molar-refractivity contribution in [2.45, 2.75) is 6.92 Å². The predicted molar refractivity (Wildman–Crippen MR) is 73.5 cm³/mol. The molecule has 0 aliphatic carbocycles. The normalized spacial score (nSPS) is 10.9. The molecule has 1 N–H and O–H groups in total. The van der Waals surface area contributed by atoms with Gasteiger partial charge in [0.05, 0.1) is 0 Å². The minimum atomic E-state index is 0.196. The number of anilines is 1. The molecule has 1 aromatic carbocycles. The number of nitriles is 1. The number of hydrogen-bond donors (Lipinski definition) is 1. The Morgan fingerprint density at radius 3 is 2.89 bits per heavy atom. The van der Waals surface area contributed by atoms with Crippen LogP contribution in [0.15, 0.2) is 45.9 Å². The van der Waals surface area contributed by atoms with Gasteiger partial charge < -0.3 is 4.42 Å². The predicted octanol–water partition coefficient (Wildman–Crippen LogP) is 2.97. The van der Waals surface area contributed by atoms with Gasteiger partial charge in [-0.05, 0) is 11.6 Å². The third-order valence-corrected chi connectivity index (χ3v) is 2.25. The van der Waals surface area contributed by atoms with Crippen molar-refractivity contribution in [2.75, 3.05) is 5.43 Å². The van der Waals surface area contributed by atoms with Gasteiger partial charge >= 0.3 is 0 Å². The Labute approximate surface area is 110 Å². The number of rotatable bonds is 4. The Hall–Kier alpha value is -2.87. The van der Waals surface area contributed by atoms with Gasteiger partial charge in [-0.3, -0.25) is 0 Å². The van der Waals surface area contributed by atoms with E-state index < -0.39 is 0 Å². The highest BCUT2D eigenvalue weighted by Gasteiger charge is 2.08. The molecule has 1 heterocycles. The van der Waals surface area contributed by atoms with E-state index in [9.17, 15) is 0 Å². The third kappa shape index (κ3) is 3.54. The lowest BCUT2D eigenvalue weighted by atomic mass is 10.2. The Bertz CT molecular complexity index is 635. The number of nitrogens with one attached hydrogen (secondary N) is 1. The molecule has 0 atom stereocenters. The van der Waals surface area contributed by atoms with E-state index in [0.29, 0.717) is 5.89 Å². The molecule has 0 unspecified atom stereocenters. The van der Waals surface area contributed by atoms with E-state index in [-0.39, 0.29) is 11.6 Å². The lowest BCUT2D eigenvalue weighted by molar-refractivity contribution is 0.533. The lowest BCUT2D eigenvalue weighted by Crippen LogP contribution is -1.89. The Morgan fingerprint density at radius 1 is 1.37 bits per heavy atom. The molecule has 5 heteroatoms. The van der Waals surface area contributed by atoms with Crippen LogP contribution in [0.5, 0.6) is 0 Å². The van der Waals surface area contributed by atoms with Crippen LogP contribution in [-0.2, 0) is 0 Å². The molecule has 0 aliphatic heterocycles. The Balaban J connectivity index is 1.94. The zero-order chi connectivity index (χ0) is 13.5. The standard InChI is InChI=1S/C14H12N4O/c1-11-17-13(10-15)14(19-11)18-16-9-5-8-12-6-3-2-4-7-12/h2-9,18H,1H3/b8-5+,16-9+. The van der Waals surface area contributed by atoms with Crippen LogP contribution in [0, 0.1) is 18.3 Å². The molecule has 2 aromatic rings. The van der Waals surface area contributed by atoms with Gasteiger partial charge in [-0.25, -0.2) is 10.4 Å². The quantitative estimate of drug-likeness (QED) is 0.670. The maximum atomic E-state index is 8.80. The topological polar surface area (TPSA) is 74.2 Å². The molecule has 0 saturated carbocycles. The second-order valence-electron chi connectivity index (χ2n) is 3.68. The number of benzene rings is 1. The Kier molecular flexibility index (Phi) is 4.09. The Morgan fingerprint density at radius 2 is 2.16 bits per heavy atom. The smallest absolute Gasteiger partial charge is 0.252 e. The fourth-order valence-corrected chi connectivity index (χ4v) is 1.44. The van der Waals surface area contributed by atoms with Gasteiger partial charge in [-0.2, -0.15) is 10.4 Å². The summed E-state index contributed by atoms with van der Waals surface area (Å²) in [6.45, 7) is 1.67. The van der Waals surface area contributed by atoms with Crippen molar-refractivity contribution in [3.63, 3.8) is 0 Å². The molecule has 0 fully saturated rings. The maximum absolute atomic E-state index is 8.80. The molecule has 5 nitrogen and oxygen atoms in total. The molecule has 0 amide bonds. The largest absolute Gasteiger partial charge is 0.422 e. The summed E-state index contributed by atoms with van der Waals surface area (Å²) in [7, 11) is 0. The van der Waals surface area contributed by atoms with Crippen LogP contribution in [0.2, 0.25) is 0 Å². The van der Waals surface area contributed by atoms with Crippen molar-refractivity contribution >= 4 is 18.2 Å². The van der Waals surface area contributed by atoms with Gasteiger partial charge in [0.2, 0.25) is 5.69 Å². The summed E-state index contributed by atoms with van der Waals surface area (Å²) >= 11 is 0. The van der Waals surface area contributed by atoms with Crippen molar-refractivity contribution in [1.29, 1.82) is 5.26 Å². The molecular weight excluding hydrogens is 240 g/mol. The van der Waals surface area contributed by atoms with Gasteiger partial charge in [0.1, 0.15) is 6.07 Å². The number of oxazole rings is 1. The van der Waals surface area contributed by atoms with E-state index >= 15 is 0 Å². The van der Waals surface area contributed by atoms with Crippen LogP contribution >= 0.6 is 0 Å². The van der Waals surface area contributed by atoms with E-state index in [1.165, 1.54) is 0 Å². The van der Waals surface area contributed by atoms with Gasteiger partial charge in [0, 0.05) is 13.1 Å². The van der Waals surface area contributed by atoms with Gasteiger partial charge in [-0.1, -0.05) is 36.4 Å². The molecule has 2 rings (SSSR count). The van der Waals surface area contributed by atoms with E-state index in [1.807, 2.05) is 42.5 Å². The minimum Gasteiger partial charge on any atom is -0.422 e. The molecule has 1 aromatic heterocycles. The summed E-state index contributed by atoms with van der Waals surface area (Å²) in [6.07, 6.45) is 5.28. The third-order valence-electron chi connectivity index (χ3n) is 2.25. The fourth-order valence-electron chi connectivity index (χ4n) is 1.44. The van der Waals surface area contributed by atoms with Gasteiger partial charge in [-0.15, -0.1) is 0 Å². The van der Waals surface area contributed by atoms with Crippen molar-refractivity contribution in [2.24, 2.45) is 5.10 Å². The van der Waals surface area contributed by atoms with Crippen LogP contribution in [0.25, 0.3) is 6.08 Å². The molecule has 0 radical (unpaired) electrons. The second kappa shape index (κ2) is 6.17. The number of allylic oxidation sites excluding steroid dienone is 1. The average Bonchev–Trinajstić information content (AvgIpc) is 2.80. The van der Waals surface area contributed by atoms with Crippen molar-refractivity contribution < 1.29 is 4.42 Å². The molecule has 94 valence electrons. The summed E-state index contributed by atoms with van der Waals surface area (Å²) in [5, 5.41) is 12.7. The first-order valence-electron chi connectivity index (χ1n) is 5.68. The first-order valence-corrected chi connectivity index (χ1v) is 5.68. The van der Waals surface area contributed by atoms with E-state index in [0.717, 1.165) is 5.56 Å². The second-order valence-corrected chi connectivity index (χ2v) is 3.68. The first kappa shape index (κ1) is 12.6. The summed E-state index contributed by atoms with van der Waals surface area (Å²) < 4.78 is 5.19. The SMILES string of the molecule is Cc1nc(C#N)c(N/N=C/C=C/c2ccccc2)o1. The van der Waals surface area contributed by atoms with Crippen LogP contribution in [0.3, 0.4) is 0 Å². The van der Waals surface area contributed by atoms with Gasteiger partial charge in [0.15, 0.2) is 5.89 Å². The number of aryl methyl sites for hydroxylation is 1. The molecule has 0 spiro atoms. The van der Waals surface area contributed by atoms with E-state index in [4.69, 9.17) is 9.68 Å². The summed E-state index contributed by atoms with van der Waals surface area (Å²) in [6, 6.07) is 11.8. The van der Waals surface area contributed by atoms with Crippen molar-refractivity contribution in [3.05, 3.63) is 53.6 Å². The number of aromatic nitrogens is 1. The first-order chi connectivity index (χ1) is 9.29. The van der Waals surface area contributed by atoms with Crippen molar-refractivity contribution in [1.82, 2.24) is 4.98 Å². The summed E-state index contributed by atoms with van der Waals surface area (Å²) in [5.74, 6) is 0.679. The average molecular weight is 252 g/mol. The number of hydrazone groups is 1. The molecule has 0 saturated heterocycles. The highest BCUT2D eigenvalue weighted by atomic mass is 16.4. The van der Waals surface area contributed by atoms with Crippen molar-refractivity contribution in [3.8, 4) is 6.07 Å². The number of nitrogens with zero attached hydrogens (tertiary/aromatic N) is 3. The molecule has 0 aliphatic rings. The molecular formula is C14H12N4O. The summed E-state index contributed by atoms with van der Waals surface area (Å²) in [5.41, 5.74) is 3.92. The highest BCUT2D eigenvalue weighted by molar-refractivity contribution is 5.78. The zero-order valence-electron chi connectivity index (χ0n) is 10.4. The van der Waals surface area contributed by atoms with Crippen LogP contribution in [-0.4, -0.2) is 11.2 Å². The number of hydrogen-bond acceptors (Lipinski definition) is 5. The lowest BCUT2D eigenvalue weighted by Gasteiger charge is -1.92. The van der Waals surface area contributed by atoms with E-state index in [1.54, 1.807) is 19.2 Å². The van der Waals surface area contributed by atoms with Gasteiger partial charge in [0.25, 0.3) is 5.88 Å². The monoisotopic (exact) mass is 252 g/mol. The maximum Gasteiger partial charge on any atom is 0.252 e.